The zero-order valence-corrected chi connectivity index (χ0v) is 16.7. The zero-order chi connectivity index (χ0) is 20.9. The lowest BCUT2D eigenvalue weighted by atomic mass is 10.1. The van der Waals surface area contributed by atoms with Crippen LogP contribution in [-0.2, 0) is 9.59 Å². The van der Waals surface area contributed by atoms with E-state index in [9.17, 15) is 9.59 Å². The number of carbonyl (C=O) groups excluding carboxylic acids is 2. The molecule has 0 spiro atoms. The fraction of sp³-hybridized carbons (Fsp3) is 0.167. The summed E-state index contributed by atoms with van der Waals surface area (Å²) in [5, 5.41) is 5.87. The van der Waals surface area contributed by atoms with Gasteiger partial charge in [0.25, 0.3) is 0 Å². The molecule has 4 rings (SSSR count). The Morgan fingerprint density at radius 2 is 1.73 bits per heavy atom. The van der Waals surface area contributed by atoms with E-state index < -0.39 is 0 Å². The van der Waals surface area contributed by atoms with Gasteiger partial charge in [0.05, 0.1) is 29.5 Å². The van der Waals surface area contributed by atoms with Crippen molar-refractivity contribution in [1.29, 1.82) is 0 Å². The number of hydrogen-bond donors (Lipinski definition) is 2. The van der Waals surface area contributed by atoms with Crippen molar-refractivity contribution in [2.45, 2.75) is 6.92 Å². The fourth-order valence-corrected chi connectivity index (χ4v) is 3.41. The predicted molar refractivity (Wildman–Crippen MR) is 118 cm³/mol. The Morgan fingerprint density at radius 3 is 2.57 bits per heavy atom. The van der Waals surface area contributed by atoms with E-state index in [4.69, 9.17) is 4.74 Å². The first kappa shape index (κ1) is 19.5. The Bertz CT molecular complexity index is 1050. The van der Waals surface area contributed by atoms with E-state index >= 15 is 0 Å². The number of ether oxygens (including phenoxy) is 1. The maximum Gasteiger partial charge on any atom is 0.243 e. The number of fused-ring (bicyclic) bond motifs is 1. The Hall–Kier alpha value is -3.80. The predicted octanol–water partition coefficient (Wildman–Crippen LogP) is 4.51. The molecule has 0 fully saturated rings. The molecule has 2 amide bonds. The molecule has 1 heterocycles. The topological polar surface area (TPSA) is 70.7 Å². The Balaban J connectivity index is 1.51. The maximum atomic E-state index is 12.9. The van der Waals surface area contributed by atoms with Gasteiger partial charge in [-0.05, 0) is 36.4 Å². The molecule has 6 heteroatoms. The highest BCUT2D eigenvalue weighted by Crippen LogP contribution is 2.31. The number of nitrogens with zero attached hydrogens (tertiary/aromatic N) is 1. The fourth-order valence-electron chi connectivity index (χ4n) is 3.41. The number of carbonyl (C=O) groups is 2. The molecule has 0 saturated heterocycles. The molecule has 2 N–H and O–H groups in total. The molecule has 0 saturated carbocycles. The van der Waals surface area contributed by atoms with Gasteiger partial charge in [-0.2, -0.15) is 0 Å². The van der Waals surface area contributed by atoms with E-state index in [-0.39, 0.29) is 24.3 Å². The second-order valence-electron chi connectivity index (χ2n) is 7.25. The van der Waals surface area contributed by atoms with Crippen LogP contribution >= 0.6 is 0 Å². The average molecular weight is 401 g/mol. The lowest BCUT2D eigenvalue weighted by molar-refractivity contribution is -0.119. The van der Waals surface area contributed by atoms with Crippen LogP contribution in [0.15, 0.2) is 78.9 Å². The third-order valence-corrected chi connectivity index (χ3v) is 4.91. The lowest BCUT2D eigenvalue weighted by Gasteiger charge is -2.25. The van der Waals surface area contributed by atoms with Gasteiger partial charge in [0.1, 0.15) is 5.75 Å². The van der Waals surface area contributed by atoms with Crippen molar-refractivity contribution >= 4 is 28.9 Å². The number of anilines is 3. The standard InChI is InChI=1S/C24H23N3O3/c1-17-15-27(21-13-7-5-11-19(21)26-24(17)29)16-23(28)25-20-12-6-8-14-22(20)30-18-9-3-2-4-10-18/h2-14,17H,15-16H2,1H3,(H,25,28)(H,26,29)/t17-/m1/s1. The first-order valence-corrected chi connectivity index (χ1v) is 9.87. The van der Waals surface area contributed by atoms with Crippen LogP contribution in [0.2, 0.25) is 0 Å². The van der Waals surface area contributed by atoms with Crippen LogP contribution in [0, 0.1) is 5.92 Å². The Kier molecular flexibility index (Phi) is 5.66. The van der Waals surface area contributed by atoms with Crippen molar-refractivity contribution in [2.24, 2.45) is 5.92 Å². The van der Waals surface area contributed by atoms with Crippen LogP contribution in [0.4, 0.5) is 17.1 Å². The summed E-state index contributed by atoms with van der Waals surface area (Å²) in [6, 6.07) is 24.3. The molecule has 0 aliphatic carbocycles. The van der Waals surface area contributed by atoms with Crippen molar-refractivity contribution in [2.75, 3.05) is 28.6 Å². The first-order chi connectivity index (χ1) is 14.6. The van der Waals surface area contributed by atoms with Gasteiger partial charge >= 0.3 is 0 Å². The minimum absolute atomic E-state index is 0.0491. The number of para-hydroxylation sites is 5. The largest absolute Gasteiger partial charge is 0.455 e. The molecule has 30 heavy (non-hydrogen) atoms. The first-order valence-electron chi connectivity index (χ1n) is 9.87. The highest BCUT2D eigenvalue weighted by molar-refractivity contribution is 6.00. The summed E-state index contributed by atoms with van der Waals surface area (Å²) in [4.78, 5) is 27.1. The molecule has 1 atom stereocenters. The summed E-state index contributed by atoms with van der Waals surface area (Å²) in [6.07, 6.45) is 0. The number of rotatable bonds is 5. The third-order valence-electron chi connectivity index (χ3n) is 4.91. The van der Waals surface area contributed by atoms with Crippen molar-refractivity contribution in [3.05, 3.63) is 78.9 Å². The molecule has 6 nitrogen and oxygen atoms in total. The Morgan fingerprint density at radius 1 is 1.03 bits per heavy atom. The van der Waals surface area contributed by atoms with E-state index in [2.05, 4.69) is 10.6 Å². The van der Waals surface area contributed by atoms with Gasteiger partial charge < -0.3 is 20.3 Å². The van der Waals surface area contributed by atoms with Crippen LogP contribution in [0.25, 0.3) is 0 Å². The van der Waals surface area contributed by atoms with E-state index in [0.29, 0.717) is 29.4 Å². The highest BCUT2D eigenvalue weighted by atomic mass is 16.5. The Labute approximate surface area is 175 Å². The van der Waals surface area contributed by atoms with Gasteiger partial charge in [0.15, 0.2) is 5.75 Å². The van der Waals surface area contributed by atoms with Crippen molar-refractivity contribution in [3.63, 3.8) is 0 Å². The van der Waals surface area contributed by atoms with Crippen molar-refractivity contribution in [3.8, 4) is 11.5 Å². The molecule has 0 aromatic heterocycles. The van der Waals surface area contributed by atoms with Crippen molar-refractivity contribution in [1.82, 2.24) is 0 Å². The van der Waals surface area contributed by atoms with Crippen LogP contribution in [-0.4, -0.2) is 24.9 Å². The van der Waals surface area contributed by atoms with Crippen LogP contribution in [0.1, 0.15) is 6.92 Å². The van der Waals surface area contributed by atoms with Crippen LogP contribution in [0.5, 0.6) is 11.5 Å². The summed E-state index contributed by atoms with van der Waals surface area (Å²) in [7, 11) is 0. The number of hydrogen-bond acceptors (Lipinski definition) is 4. The monoisotopic (exact) mass is 401 g/mol. The van der Waals surface area contributed by atoms with E-state index in [1.807, 2.05) is 84.6 Å². The van der Waals surface area contributed by atoms with Gasteiger partial charge in [-0.3, -0.25) is 9.59 Å². The summed E-state index contributed by atoms with van der Waals surface area (Å²) in [6.45, 7) is 2.43. The molecule has 1 aliphatic rings. The highest BCUT2D eigenvalue weighted by Gasteiger charge is 2.26. The second-order valence-corrected chi connectivity index (χ2v) is 7.25. The molecule has 1 aliphatic heterocycles. The summed E-state index contributed by atoms with van der Waals surface area (Å²) >= 11 is 0. The van der Waals surface area contributed by atoms with Gasteiger partial charge in [-0.25, -0.2) is 0 Å². The summed E-state index contributed by atoms with van der Waals surface area (Å²) in [5.74, 6) is 0.791. The summed E-state index contributed by atoms with van der Waals surface area (Å²) < 4.78 is 5.92. The van der Waals surface area contributed by atoms with Gasteiger partial charge in [-0.1, -0.05) is 49.4 Å². The normalized spacial score (nSPS) is 15.6. The number of benzene rings is 3. The molecule has 0 unspecified atom stereocenters. The molecular weight excluding hydrogens is 378 g/mol. The number of amides is 2. The van der Waals surface area contributed by atoms with E-state index in [1.165, 1.54) is 0 Å². The smallest absolute Gasteiger partial charge is 0.243 e. The zero-order valence-electron chi connectivity index (χ0n) is 16.7. The van der Waals surface area contributed by atoms with Crippen LogP contribution in [0.3, 0.4) is 0 Å². The SMILES string of the molecule is C[C@@H]1CN(CC(=O)Nc2ccccc2Oc2ccccc2)c2ccccc2NC1=O. The molecule has 3 aromatic carbocycles. The van der Waals surface area contributed by atoms with Gasteiger partial charge in [0.2, 0.25) is 11.8 Å². The number of nitrogens with one attached hydrogen (secondary N) is 2. The molecule has 3 aromatic rings. The minimum Gasteiger partial charge on any atom is -0.455 e. The van der Waals surface area contributed by atoms with Crippen LogP contribution < -0.4 is 20.3 Å². The summed E-state index contributed by atoms with van der Waals surface area (Å²) in [5.41, 5.74) is 2.14. The lowest BCUT2D eigenvalue weighted by Crippen LogP contribution is -2.37. The molecule has 0 bridgehead atoms. The second kappa shape index (κ2) is 8.69. The third kappa shape index (κ3) is 4.43. The molecular formula is C24H23N3O3. The van der Waals surface area contributed by atoms with Gasteiger partial charge in [0, 0.05) is 6.54 Å². The quantitative estimate of drug-likeness (QED) is 0.660. The van der Waals surface area contributed by atoms with E-state index in [0.717, 1.165) is 5.69 Å². The average Bonchev–Trinajstić information content (AvgIpc) is 2.86. The van der Waals surface area contributed by atoms with E-state index in [1.54, 1.807) is 6.07 Å². The maximum absolute atomic E-state index is 12.9. The molecule has 152 valence electrons. The minimum atomic E-state index is -0.237. The van der Waals surface area contributed by atoms with Crippen molar-refractivity contribution < 1.29 is 14.3 Å². The van der Waals surface area contributed by atoms with Gasteiger partial charge in [-0.15, -0.1) is 0 Å². The molecule has 0 radical (unpaired) electrons.